The second-order valence-corrected chi connectivity index (χ2v) is 11.4. The van der Waals surface area contributed by atoms with Gasteiger partial charge < -0.3 is 26.4 Å². The van der Waals surface area contributed by atoms with Crippen molar-refractivity contribution in [2.75, 3.05) is 19.7 Å². The van der Waals surface area contributed by atoms with Crippen LogP contribution < -0.4 is 26.4 Å². The first kappa shape index (κ1) is 31.7. The zero-order valence-corrected chi connectivity index (χ0v) is 25.1. The van der Waals surface area contributed by atoms with Crippen LogP contribution in [0.2, 0.25) is 0 Å². The van der Waals surface area contributed by atoms with Gasteiger partial charge >= 0.3 is 0 Å². The lowest BCUT2D eigenvalue weighted by molar-refractivity contribution is -0.130. The van der Waals surface area contributed by atoms with Crippen molar-refractivity contribution in [3.63, 3.8) is 0 Å². The Balaban J connectivity index is 1.52. The van der Waals surface area contributed by atoms with Crippen molar-refractivity contribution in [1.82, 2.24) is 20.9 Å². The fourth-order valence-corrected chi connectivity index (χ4v) is 5.69. The summed E-state index contributed by atoms with van der Waals surface area (Å²) in [5.41, 5.74) is 7.98. The summed E-state index contributed by atoms with van der Waals surface area (Å²) in [5, 5.41) is 8.94. The monoisotopic (exact) mass is 585 g/mol. The van der Waals surface area contributed by atoms with Crippen molar-refractivity contribution in [3.05, 3.63) is 95.8 Å². The predicted octanol–water partition coefficient (Wildman–Crippen LogP) is 3.43. The number of pyridine rings is 1. The number of amides is 3. The third-order valence-electron chi connectivity index (χ3n) is 8.29. The number of hydrogen-bond donors (Lipinski definition) is 4. The number of carbonyl (C=O) groups is 3. The minimum Gasteiger partial charge on any atom is -0.494 e. The third-order valence-corrected chi connectivity index (χ3v) is 8.29. The summed E-state index contributed by atoms with van der Waals surface area (Å²) in [6.07, 6.45) is 6.75. The van der Waals surface area contributed by atoms with E-state index in [1.165, 1.54) is 0 Å². The highest BCUT2D eigenvalue weighted by molar-refractivity contribution is 5.98. The lowest BCUT2D eigenvalue weighted by Gasteiger charge is -2.47. The molecular formula is C34H43N5O4. The number of nitrogens with one attached hydrogen (secondary N) is 3. The van der Waals surface area contributed by atoms with Gasteiger partial charge in [0.25, 0.3) is 5.91 Å². The molecule has 1 aliphatic carbocycles. The molecule has 1 aromatic heterocycles. The van der Waals surface area contributed by atoms with Crippen molar-refractivity contribution in [2.24, 2.45) is 17.1 Å². The van der Waals surface area contributed by atoms with Crippen LogP contribution in [0.4, 0.5) is 0 Å². The van der Waals surface area contributed by atoms with E-state index in [9.17, 15) is 14.4 Å². The maximum atomic E-state index is 13.8. The van der Waals surface area contributed by atoms with Crippen LogP contribution in [0.5, 0.6) is 5.75 Å². The van der Waals surface area contributed by atoms with Gasteiger partial charge in [0.15, 0.2) is 0 Å². The number of hydrogen-bond acceptors (Lipinski definition) is 6. The molecule has 228 valence electrons. The van der Waals surface area contributed by atoms with E-state index >= 15 is 0 Å². The van der Waals surface area contributed by atoms with Gasteiger partial charge in [-0.2, -0.15) is 0 Å². The van der Waals surface area contributed by atoms with Crippen LogP contribution in [-0.2, 0) is 22.4 Å². The highest BCUT2D eigenvalue weighted by Crippen LogP contribution is 2.47. The van der Waals surface area contributed by atoms with Gasteiger partial charge in [0.2, 0.25) is 11.8 Å². The summed E-state index contributed by atoms with van der Waals surface area (Å²) in [6, 6.07) is 18.1. The van der Waals surface area contributed by atoms with Crippen molar-refractivity contribution in [1.29, 1.82) is 0 Å². The molecule has 0 saturated heterocycles. The first-order chi connectivity index (χ1) is 20.8. The topological polar surface area (TPSA) is 135 Å². The van der Waals surface area contributed by atoms with E-state index in [0.29, 0.717) is 31.2 Å². The lowest BCUT2D eigenvalue weighted by Crippen LogP contribution is -2.56. The van der Waals surface area contributed by atoms with Crippen molar-refractivity contribution in [3.8, 4) is 5.75 Å². The number of ether oxygens (including phenoxy) is 1. The van der Waals surface area contributed by atoms with Crippen LogP contribution in [0.3, 0.4) is 0 Å². The zero-order valence-electron chi connectivity index (χ0n) is 25.1. The van der Waals surface area contributed by atoms with Crippen LogP contribution >= 0.6 is 0 Å². The van der Waals surface area contributed by atoms with E-state index in [4.69, 9.17) is 10.5 Å². The molecule has 1 fully saturated rings. The average molecular weight is 586 g/mol. The van der Waals surface area contributed by atoms with Crippen LogP contribution in [0.25, 0.3) is 0 Å². The molecule has 3 amide bonds. The standard InChI is InChI=1S/C34H43N5O4/c1-3-34(19-26(20-34)21-35)23-37-32(41)29(18-25-9-8-16-36-22-25)39-33(42)30(38-31(40)27-10-6-5-7-11-27)17-24-12-14-28(15-13-24)43-4-2/h5-16,22,26,29-30H,3-4,17-21,23,35H2,1-2H3,(H,37,41)(H,38,40)(H,39,42). The SMILES string of the molecule is CCOc1ccc(CC(NC(=O)c2ccccc2)C(=O)NC(Cc2cccnc2)C(=O)NCC2(CC)CC(CN)C2)cc1. The zero-order chi connectivity index (χ0) is 30.7. The average Bonchev–Trinajstić information content (AvgIpc) is 3.02. The summed E-state index contributed by atoms with van der Waals surface area (Å²) in [7, 11) is 0. The number of carbonyl (C=O) groups excluding carboxylic acids is 3. The number of nitrogens with zero attached hydrogens (tertiary/aromatic N) is 1. The minimum atomic E-state index is -0.922. The third kappa shape index (κ3) is 8.88. The Labute approximate surface area is 254 Å². The molecule has 9 heteroatoms. The molecule has 0 spiro atoms. The Morgan fingerprint density at radius 3 is 2.23 bits per heavy atom. The van der Waals surface area contributed by atoms with Crippen molar-refractivity contribution in [2.45, 2.75) is 58.0 Å². The van der Waals surface area contributed by atoms with E-state index < -0.39 is 18.0 Å². The fourth-order valence-electron chi connectivity index (χ4n) is 5.69. The molecule has 0 bridgehead atoms. The van der Waals surface area contributed by atoms with Gasteiger partial charge in [-0.05, 0) is 85.5 Å². The van der Waals surface area contributed by atoms with Gasteiger partial charge in [0.05, 0.1) is 6.61 Å². The normalized spacial score (nSPS) is 18.9. The quantitative estimate of drug-likeness (QED) is 0.216. The molecule has 9 nitrogen and oxygen atoms in total. The van der Waals surface area contributed by atoms with Crippen LogP contribution in [0.15, 0.2) is 79.1 Å². The summed E-state index contributed by atoms with van der Waals surface area (Å²) in [6.45, 7) is 5.77. The Kier molecular flexibility index (Phi) is 11.3. The highest BCUT2D eigenvalue weighted by Gasteiger charge is 2.42. The van der Waals surface area contributed by atoms with Gasteiger partial charge in [0.1, 0.15) is 17.8 Å². The van der Waals surface area contributed by atoms with Crippen molar-refractivity contribution < 1.29 is 19.1 Å². The lowest BCUT2D eigenvalue weighted by atomic mass is 9.60. The van der Waals surface area contributed by atoms with Gasteiger partial charge in [-0.25, -0.2) is 0 Å². The van der Waals surface area contributed by atoms with Gasteiger partial charge in [-0.3, -0.25) is 19.4 Å². The molecule has 5 N–H and O–H groups in total. The van der Waals surface area contributed by atoms with Gasteiger partial charge in [-0.1, -0.05) is 43.3 Å². The number of rotatable bonds is 15. The molecule has 4 rings (SSSR count). The Morgan fingerprint density at radius 1 is 0.907 bits per heavy atom. The second kappa shape index (κ2) is 15.3. The predicted molar refractivity (Wildman–Crippen MR) is 166 cm³/mol. The van der Waals surface area contributed by atoms with Crippen LogP contribution in [0, 0.1) is 11.3 Å². The Bertz CT molecular complexity index is 1330. The molecule has 2 aromatic carbocycles. The van der Waals surface area contributed by atoms with Gasteiger partial charge in [-0.15, -0.1) is 0 Å². The largest absolute Gasteiger partial charge is 0.494 e. The number of nitrogens with two attached hydrogens (primary N) is 1. The van der Waals surface area contributed by atoms with Crippen LogP contribution in [0.1, 0.15) is 54.6 Å². The summed E-state index contributed by atoms with van der Waals surface area (Å²) >= 11 is 0. The van der Waals surface area contributed by atoms with E-state index in [-0.39, 0.29) is 30.1 Å². The molecule has 1 saturated carbocycles. The number of benzene rings is 2. The molecular weight excluding hydrogens is 542 g/mol. The first-order valence-corrected chi connectivity index (χ1v) is 15.1. The van der Waals surface area contributed by atoms with E-state index in [2.05, 4.69) is 27.9 Å². The minimum absolute atomic E-state index is 0.0302. The van der Waals surface area contributed by atoms with Crippen molar-refractivity contribution >= 4 is 17.7 Å². The van der Waals surface area contributed by atoms with E-state index in [1.54, 1.807) is 42.7 Å². The smallest absolute Gasteiger partial charge is 0.251 e. The first-order valence-electron chi connectivity index (χ1n) is 15.1. The molecule has 2 unspecified atom stereocenters. The molecule has 2 atom stereocenters. The molecule has 1 aliphatic rings. The highest BCUT2D eigenvalue weighted by atomic mass is 16.5. The maximum absolute atomic E-state index is 13.8. The summed E-state index contributed by atoms with van der Waals surface area (Å²) in [4.78, 5) is 44.7. The number of aromatic nitrogens is 1. The fraction of sp³-hybridized carbons (Fsp3) is 0.412. The second-order valence-electron chi connectivity index (χ2n) is 11.4. The van der Waals surface area contributed by atoms with Crippen LogP contribution in [-0.4, -0.2) is 54.5 Å². The Morgan fingerprint density at radius 2 is 1.60 bits per heavy atom. The Hall–Kier alpha value is -4.24. The molecule has 3 aromatic rings. The summed E-state index contributed by atoms with van der Waals surface area (Å²) in [5.74, 6) is 0.126. The van der Waals surface area contributed by atoms with Gasteiger partial charge in [0, 0.05) is 37.3 Å². The molecule has 0 aliphatic heterocycles. The molecule has 1 heterocycles. The molecule has 43 heavy (non-hydrogen) atoms. The molecule has 0 radical (unpaired) electrons. The maximum Gasteiger partial charge on any atom is 0.251 e. The van der Waals surface area contributed by atoms with E-state index in [0.717, 1.165) is 36.1 Å². The van der Waals surface area contributed by atoms with E-state index in [1.807, 2.05) is 43.3 Å². The summed E-state index contributed by atoms with van der Waals surface area (Å²) < 4.78 is 5.55.